The first-order chi connectivity index (χ1) is 12.4. The largest absolute Gasteiger partial charge is 0.484 e. The van der Waals surface area contributed by atoms with Gasteiger partial charge in [-0.2, -0.15) is 0 Å². The molecule has 136 valence electrons. The lowest BCUT2D eigenvalue weighted by molar-refractivity contribution is -0.131. The average Bonchev–Trinajstić information content (AvgIpc) is 3.04. The second-order valence-electron chi connectivity index (χ2n) is 6.60. The minimum absolute atomic E-state index is 0.230. The third kappa shape index (κ3) is 3.40. The molecule has 3 aromatic rings. The van der Waals surface area contributed by atoms with Crippen molar-refractivity contribution in [1.82, 2.24) is 15.5 Å². The van der Waals surface area contributed by atoms with E-state index in [1.807, 2.05) is 13.0 Å². The number of rotatable bonds is 6. The number of hydrogen-bond acceptors (Lipinski definition) is 5. The molecule has 26 heavy (non-hydrogen) atoms. The Bertz CT molecular complexity index is 974. The number of aryl methyl sites for hydroxylation is 1. The first-order valence-electron chi connectivity index (χ1n) is 8.30. The van der Waals surface area contributed by atoms with E-state index < -0.39 is 5.60 Å². The van der Waals surface area contributed by atoms with Crippen LogP contribution in [-0.2, 0) is 17.9 Å². The normalized spacial score (nSPS) is 15.2. The summed E-state index contributed by atoms with van der Waals surface area (Å²) in [6, 6.07) is 7.31. The Kier molecular flexibility index (Phi) is 4.13. The van der Waals surface area contributed by atoms with Crippen LogP contribution in [0.25, 0.3) is 10.9 Å². The number of nitrogens with zero attached hydrogens (tertiary/aromatic N) is 1. The highest BCUT2D eigenvalue weighted by atomic mass is 35.5. The maximum atomic E-state index is 11.8. The minimum Gasteiger partial charge on any atom is -0.484 e. The summed E-state index contributed by atoms with van der Waals surface area (Å²) in [5.41, 5.74) is 1.27. The minimum atomic E-state index is -1.17. The molecule has 0 spiro atoms. The lowest BCUT2D eigenvalue weighted by Crippen LogP contribution is -2.35. The van der Waals surface area contributed by atoms with E-state index in [1.54, 1.807) is 18.2 Å². The lowest BCUT2D eigenvalue weighted by atomic mass is 10.2. The van der Waals surface area contributed by atoms with E-state index >= 15 is 0 Å². The Morgan fingerprint density at radius 1 is 1.42 bits per heavy atom. The van der Waals surface area contributed by atoms with Crippen molar-refractivity contribution < 1.29 is 19.2 Å². The predicted octanol–water partition coefficient (Wildman–Crippen LogP) is 2.84. The monoisotopic (exact) mass is 375 g/mol. The van der Waals surface area contributed by atoms with Gasteiger partial charge < -0.3 is 24.7 Å². The standard InChI is InChI=1S/C18H18ClN3O4/c1-10-4-13(26-22-10)9-25-16-7-15-11(6-14(16)19)5-12(21-15)8-20-17(23)18(24)2-3-18/h4-7,21,24H,2-3,8-9H2,1H3,(H,20,23). The molecule has 2 aromatic heterocycles. The second kappa shape index (κ2) is 6.34. The Labute approximate surface area is 154 Å². The van der Waals surface area contributed by atoms with Crippen LogP contribution in [0, 0.1) is 6.92 Å². The Balaban J connectivity index is 1.46. The summed E-state index contributed by atoms with van der Waals surface area (Å²) in [5.74, 6) is 0.810. The second-order valence-corrected chi connectivity index (χ2v) is 7.01. The molecule has 1 aliphatic rings. The molecule has 0 aliphatic heterocycles. The predicted molar refractivity (Wildman–Crippen MR) is 94.9 cm³/mol. The molecule has 2 heterocycles. The molecule has 1 amide bonds. The van der Waals surface area contributed by atoms with E-state index in [0.29, 0.717) is 35.9 Å². The molecule has 3 N–H and O–H groups in total. The summed E-state index contributed by atoms with van der Waals surface area (Å²) in [4.78, 5) is 15.0. The van der Waals surface area contributed by atoms with Gasteiger partial charge in [-0.1, -0.05) is 16.8 Å². The van der Waals surface area contributed by atoms with Crippen molar-refractivity contribution >= 4 is 28.4 Å². The first-order valence-corrected chi connectivity index (χ1v) is 8.67. The number of aromatic amines is 1. The van der Waals surface area contributed by atoms with Gasteiger partial charge in [0.25, 0.3) is 5.91 Å². The van der Waals surface area contributed by atoms with Crippen LogP contribution in [0.2, 0.25) is 5.02 Å². The van der Waals surface area contributed by atoms with E-state index in [2.05, 4.69) is 15.5 Å². The number of hydrogen-bond donors (Lipinski definition) is 3. The molecule has 0 radical (unpaired) electrons. The fourth-order valence-corrected chi connectivity index (χ4v) is 2.94. The van der Waals surface area contributed by atoms with Crippen LogP contribution in [-0.4, -0.2) is 26.8 Å². The van der Waals surface area contributed by atoms with E-state index in [4.69, 9.17) is 20.9 Å². The van der Waals surface area contributed by atoms with Crippen molar-refractivity contribution in [3.63, 3.8) is 0 Å². The van der Waals surface area contributed by atoms with E-state index in [9.17, 15) is 9.90 Å². The van der Waals surface area contributed by atoms with Crippen LogP contribution in [0.1, 0.15) is 30.0 Å². The summed E-state index contributed by atoms with van der Waals surface area (Å²) in [6.07, 6.45) is 1.04. The number of amides is 1. The van der Waals surface area contributed by atoms with Crippen molar-refractivity contribution in [2.45, 2.75) is 38.5 Å². The zero-order valence-electron chi connectivity index (χ0n) is 14.1. The SMILES string of the molecule is Cc1cc(COc2cc3[nH]c(CNC(=O)C4(O)CC4)cc3cc2Cl)on1. The molecule has 0 atom stereocenters. The number of halogens is 1. The maximum Gasteiger partial charge on any atom is 0.252 e. The highest BCUT2D eigenvalue weighted by Gasteiger charge is 2.47. The molecule has 0 saturated heterocycles. The van der Waals surface area contributed by atoms with Crippen LogP contribution in [0.4, 0.5) is 0 Å². The number of fused-ring (bicyclic) bond motifs is 1. The first kappa shape index (κ1) is 16.9. The number of ether oxygens (including phenoxy) is 1. The number of aliphatic hydroxyl groups is 1. The maximum absolute atomic E-state index is 11.8. The molecule has 8 heteroatoms. The van der Waals surface area contributed by atoms with Gasteiger partial charge in [0, 0.05) is 28.7 Å². The van der Waals surface area contributed by atoms with Gasteiger partial charge in [0.15, 0.2) is 5.76 Å². The fourth-order valence-electron chi connectivity index (χ4n) is 2.72. The molecule has 0 bridgehead atoms. The molecule has 7 nitrogen and oxygen atoms in total. The summed E-state index contributed by atoms with van der Waals surface area (Å²) in [7, 11) is 0. The molecule has 1 aliphatic carbocycles. The molecule has 4 rings (SSSR count). The van der Waals surface area contributed by atoms with Gasteiger partial charge in [0.1, 0.15) is 18.0 Å². The van der Waals surface area contributed by atoms with Crippen LogP contribution in [0.15, 0.2) is 28.8 Å². The highest BCUT2D eigenvalue weighted by molar-refractivity contribution is 6.32. The van der Waals surface area contributed by atoms with Crippen molar-refractivity contribution in [1.29, 1.82) is 0 Å². The van der Waals surface area contributed by atoms with Crippen LogP contribution >= 0.6 is 11.6 Å². The van der Waals surface area contributed by atoms with Gasteiger partial charge in [0.2, 0.25) is 0 Å². The summed E-state index contributed by atoms with van der Waals surface area (Å²) in [5, 5.41) is 17.7. The summed E-state index contributed by atoms with van der Waals surface area (Å²) < 4.78 is 10.8. The zero-order valence-corrected chi connectivity index (χ0v) is 14.9. The number of aromatic nitrogens is 2. The Hall–Kier alpha value is -2.51. The van der Waals surface area contributed by atoms with Gasteiger partial charge in [0.05, 0.1) is 17.3 Å². The van der Waals surface area contributed by atoms with Crippen LogP contribution in [0.3, 0.4) is 0 Å². The van der Waals surface area contributed by atoms with Gasteiger partial charge >= 0.3 is 0 Å². The molecular formula is C18H18ClN3O4. The Morgan fingerprint density at radius 3 is 2.92 bits per heavy atom. The average molecular weight is 376 g/mol. The van der Waals surface area contributed by atoms with Crippen molar-refractivity contribution in [3.8, 4) is 5.75 Å². The van der Waals surface area contributed by atoms with E-state index in [-0.39, 0.29) is 12.5 Å². The van der Waals surface area contributed by atoms with Crippen LogP contribution in [0.5, 0.6) is 5.75 Å². The Morgan fingerprint density at radius 2 is 2.23 bits per heavy atom. The summed E-state index contributed by atoms with van der Waals surface area (Å²) in [6.45, 7) is 2.38. The van der Waals surface area contributed by atoms with Gasteiger partial charge in [-0.15, -0.1) is 0 Å². The summed E-state index contributed by atoms with van der Waals surface area (Å²) >= 11 is 6.29. The molecular weight excluding hydrogens is 358 g/mol. The molecule has 0 unspecified atom stereocenters. The number of nitrogens with one attached hydrogen (secondary N) is 2. The smallest absolute Gasteiger partial charge is 0.252 e. The van der Waals surface area contributed by atoms with Gasteiger partial charge in [-0.25, -0.2) is 0 Å². The quantitative estimate of drug-likeness (QED) is 0.615. The number of benzene rings is 1. The number of H-pyrrole nitrogens is 1. The third-order valence-electron chi connectivity index (χ3n) is 4.36. The topological polar surface area (TPSA) is 100 Å². The lowest BCUT2D eigenvalue weighted by Gasteiger charge is -2.07. The number of carbonyl (C=O) groups excluding carboxylic acids is 1. The molecule has 1 aromatic carbocycles. The van der Waals surface area contributed by atoms with Crippen molar-refractivity contribution in [2.24, 2.45) is 0 Å². The van der Waals surface area contributed by atoms with E-state index in [1.165, 1.54) is 0 Å². The van der Waals surface area contributed by atoms with Gasteiger partial charge in [-0.3, -0.25) is 4.79 Å². The van der Waals surface area contributed by atoms with Gasteiger partial charge in [-0.05, 0) is 31.9 Å². The molecule has 1 fully saturated rings. The van der Waals surface area contributed by atoms with Crippen molar-refractivity contribution in [3.05, 3.63) is 46.4 Å². The van der Waals surface area contributed by atoms with E-state index in [0.717, 1.165) is 22.3 Å². The zero-order chi connectivity index (χ0) is 18.3. The highest BCUT2D eigenvalue weighted by Crippen LogP contribution is 2.35. The number of carbonyl (C=O) groups is 1. The van der Waals surface area contributed by atoms with Crippen molar-refractivity contribution in [2.75, 3.05) is 0 Å². The van der Waals surface area contributed by atoms with Crippen LogP contribution < -0.4 is 10.1 Å². The molecule has 1 saturated carbocycles. The third-order valence-corrected chi connectivity index (χ3v) is 4.66. The fraction of sp³-hybridized carbons (Fsp3) is 0.333.